The molecular formula is C21H28N2O4. The zero-order valence-electron chi connectivity index (χ0n) is 16.2. The molecule has 27 heavy (non-hydrogen) atoms. The lowest BCUT2D eigenvalue weighted by molar-refractivity contribution is 0.108. The minimum absolute atomic E-state index is 0.239. The number of hydrogen-bond donors (Lipinski definition) is 2. The van der Waals surface area contributed by atoms with Crippen molar-refractivity contribution in [3.63, 3.8) is 0 Å². The molecule has 146 valence electrons. The van der Waals surface area contributed by atoms with Gasteiger partial charge in [-0.05, 0) is 48.7 Å². The maximum absolute atomic E-state index is 11.9. The van der Waals surface area contributed by atoms with E-state index < -0.39 is 0 Å². The van der Waals surface area contributed by atoms with Gasteiger partial charge in [-0.3, -0.25) is 0 Å². The molecule has 0 aliphatic rings. The minimum Gasteiger partial charge on any atom is -0.493 e. The van der Waals surface area contributed by atoms with Crippen LogP contribution in [0.4, 0.5) is 10.5 Å². The zero-order chi connectivity index (χ0) is 19.5. The van der Waals surface area contributed by atoms with E-state index in [9.17, 15) is 4.79 Å². The van der Waals surface area contributed by atoms with Crippen molar-refractivity contribution in [2.75, 3.05) is 32.2 Å². The van der Waals surface area contributed by atoms with Crippen molar-refractivity contribution < 1.29 is 19.0 Å². The smallest absolute Gasteiger partial charge is 0.319 e. The second kappa shape index (κ2) is 11.1. The number of methoxy groups -OCH3 is 1. The van der Waals surface area contributed by atoms with Crippen LogP contribution in [0.15, 0.2) is 48.5 Å². The molecule has 2 aromatic rings. The first-order valence-electron chi connectivity index (χ1n) is 9.12. The number of hydrogen-bond acceptors (Lipinski definition) is 4. The first-order valence-corrected chi connectivity index (χ1v) is 9.12. The molecule has 0 atom stereocenters. The first-order chi connectivity index (χ1) is 13.1. The van der Waals surface area contributed by atoms with Crippen LogP contribution in [0, 0.1) is 5.92 Å². The fraction of sp³-hybridized carbons (Fsp3) is 0.381. The van der Waals surface area contributed by atoms with E-state index >= 15 is 0 Å². The number of para-hydroxylation sites is 2. The molecule has 2 amide bonds. The molecular weight excluding hydrogens is 344 g/mol. The molecule has 0 aliphatic carbocycles. The van der Waals surface area contributed by atoms with Crippen molar-refractivity contribution in [1.82, 2.24) is 5.32 Å². The van der Waals surface area contributed by atoms with E-state index in [2.05, 4.69) is 24.5 Å². The van der Waals surface area contributed by atoms with Gasteiger partial charge in [-0.15, -0.1) is 0 Å². The quantitative estimate of drug-likeness (QED) is 0.595. The third-order valence-electron chi connectivity index (χ3n) is 3.61. The third-order valence-corrected chi connectivity index (χ3v) is 3.61. The number of nitrogens with one attached hydrogen (secondary N) is 2. The third kappa shape index (κ3) is 7.58. The molecule has 6 heteroatoms. The summed E-state index contributed by atoms with van der Waals surface area (Å²) in [6.45, 7) is 6.18. The monoisotopic (exact) mass is 372 g/mol. The number of benzene rings is 2. The van der Waals surface area contributed by atoms with Crippen LogP contribution in [0.25, 0.3) is 0 Å². The van der Waals surface area contributed by atoms with E-state index in [0.29, 0.717) is 42.0 Å². The summed E-state index contributed by atoms with van der Waals surface area (Å²) in [5.74, 6) is 2.48. The van der Waals surface area contributed by atoms with Crippen molar-refractivity contribution in [2.24, 2.45) is 5.92 Å². The number of ether oxygens (including phenoxy) is 3. The summed E-state index contributed by atoms with van der Waals surface area (Å²) in [6.07, 6.45) is 0.784. The molecule has 0 bridgehead atoms. The van der Waals surface area contributed by atoms with Crippen LogP contribution < -0.4 is 20.1 Å². The van der Waals surface area contributed by atoms with Crippen LogP contribution in [-0.2, 0) is 4.74 Å². The standard InChI is InChI=1S/C21H28N2O4/c1-16(2)15-26-14-6-13-22-21(24)23-17-9-11-18(12-10-17)27-20-8-5-4-7-19(20)25-3/h4-5,7-12,16H,6,13-15H2,1-3H3,(H2,22,23,24). The maximum atomic E-state index is 11.9. The molecule has 0 radical (unpaired) electrons. The van der Waals surface area contributed by atoms with Gasteiger partial charge < -0.3 is 24.8 Å². The van der Waals surface area contributed by atoms with E-state index in [4.69, 9.17) is 14.2 Å². The normalized spacial score (nSPS) is 10.5. The van der Waals surface area contributed by atoms with Crippen LogP contribution in [0.2, 0.25) is 0 Å². The molecule has 0 fully saturated rings. The Balaban J connectivity index is 1.74. The van der Waals surface area contributed by atoms with Crippen LogP contribution in [0.5, 0.6) is 17.2 Å². The topological polar surface area (TPSA) is 68.8 Å². The van der Waals surface area contributed by atoms with E-state index in [1.54, 1.807) is 31.4 Å². The highest BCUT2D eigenvalue weighted by Gasteiger charge is 2.05. The number of carbonyl (C=O) groups excluding carboxylic acids is 1. The van der Waals surface area contributed by atoms with Crippen LogP contribution in [-0.4, -0.2) is 32.9 Å². The maximum Gasteiger partial charge on any atom is 0.319 e. The summed E-state index contributed by atoms with van der Waals surface area (Å²) in [5, 5.41) is 5.60. The number of carbonyl (C=O) groups is 1. The van der Waals surface area contributed by atoms with E-state index in [1.807, 2.05) is 24.3 Å². The van der Waals surface area contributed by atoms with Crippen molar-refractivity contribution in [3.8, 4) is 17.2 Å². The second-order valence-corrected chi connectivity index (χ2v) is 6.48. The van der Waals surface area contributed by atoms with E-state index in [0.717, 1.165) is 13.0 Å². The van der Waals surface area contributed by atoms with Gasteiger partial charge in [0.25, 0.3) is 0 Å². The predicted molar refractivity (Wildman–Crippen MR) is 107 cm³/mol. The van der Waals surface area contributed by atoms with Crippen molar-refractivity contribution >= 4 is 11.7 Å². The Hall–Kier alpha value is -2.73. The Kier molecular flexibility index (Phi) is 8.45. The highest BCUT2D eigenvalue weighted by Crippen LogP contribution is 2.31. The van der Waals surface area contributed by atoms with Gasteiger partial charge >= 0.3 is 6.03 Å². The fourth-order valence-electron chi connectivity index (χ4n) is 2.31. The van der Waals surface area contributed by atoms with Gasteiger partial charge in [-0.1, -0.05) is 26.0 Å². The van der Waals surface area contributed by atoms with Crippen molar-refractivity contribution in [3.05, 3.63) is 48.5 Å². The molecule has 0 heterocycles. The van der Waals surface area contributed by atoms with Crippen molar-refractivity contribution in [2.45, 2.75) is 20.3 Å². The van der Waals surface area contributed by atoms with Gasteiger partial charge in [0.1, 0.15) is 5.75 Å². The molecule has 0 aliphatic heterocycles. The van der Waals surface area contributed by atoms with Crippen molar-refractivity contribution in [1.29, 1.82) is 0 Å². The molecule has 2 aromatic carbocycles. The Bertz CT molecular complexity index is 702. The average Bonchev–Trinajstić information content (AvgIpc) is 2.66. The van der Waals surface area contributed by atoms with Gasteiger partial charge in [-0.25, -0.2) is 4.79 Å². The summed E-state index contributed by atoms with van der Waals surface area (Å²) in [6, 6.07) is 14.4. The zero-order valence-corrected chi connectivity index (χ0v) is 16.2. The summed E-state index contributed by atoms with van der Waals surface area (Å²) in [7, 11) is 1.60. The Morgan fingerprint density at radius 3 is 2.41 bits per heavy atom. The minimum atomic E-state index is -0.239. The van der Waals surface area contributed by atoms with Gasteiger partial charge in [0.15, 0.2) is 11.5 Å². The summed E-state index contributed by atoms with van der Waals surface area (Å²) >= 11 is 0. The van der Waals surface area contributed by atoms with E-state index in [1.165, 1.54) is 0 Å². The number of urea groups is 1. The molecule has 2 N–H and O–H groups in total. The highest BCUT2D eigenvalue weighted by atomic mass is 16.5. The molecule has 2 rings (SSSR count). The SMILES string of the molecule is COc1ccccc1Oc1ccc(NC(=O)NCCCOCC(C)C)cc1. The van der Waals surface area contributed by atoms with Gasteiger partial charge in [0.2, 0.25) is 0 Å². The lowest BCUT2D eigenvalue weighted by Gasteiger charge is -2.11. The second-order valence-electron chi connectivity index (χ2n) is 6.48. The molecule has 0 aromatic heterocycles. The fourth-order valence-corrected chi connectivity index (χ4v) is 2.31. The Labute approximate surface area is 160 Å². The molecule has 0 saturated heterocycles. The molecule has 0 unspecified atom stereocenters. The van der Waals surface area contributed by atoms with E-state index in [-0.39, 0.29) is 6.03 Å². The molecule has 0 saturated carbocycles. The van der Waals surface area contributed by atoms with Crippen LogP contribution in [0.1, 0.15) is 20.3 Å². The summed E-state index contributed by atoms with van der Waals surface area (Å²) in [5.41, 5.74) is 0.691. The molecule has 0 spiro atoms. The first kappa shape index (κ1) is 20.6. The highest BCUT2D eigenvalue weighted by molar-refractivity contribution is 5.89. The van der Waals surface area contributed by atoms with Gasteiger partial charge in [0, 0.05) is 25.4 Å². The Morgan fingerprint density at radius 1 is 1.04 bits per heavy atom. The van der Waals surface area contributed by atoms with Crippen LogP contribution >= 0.6 is 0 Å². The average molecular weight is 372 g/mol. The van der Waals surface area contributed by atoms with Gasteiger partial charge in [-0.2, -0.15) is 0 Å². The largest absolute Gasteiger partial charge is 0.493 e. The predicted octanol–water partition coefficient (Wildman–Crippen LogP) is 4.67. The number of anilines is 1. The van der Waals surface area contributed by atoms with Crippen LogP contribution in [0.3, 0.4) is 0 Å². The lowest BCUT2D eigenvalue weighted by atomic mass is 10.2. The van der Waals surface area contributed by atoms with Gasteiger partial charge in [0.05, 0.1) is 7.11 Å². The summed E-state index contributed by atoms with van der Waals surface area (Å²) in [4.78, 5) is 11.9. The summed E-state index contributed by atoms with van der Waals surface area (Å²) < 4.78 is 16.6. The number of amides is 2. The Morgan fingerprint density at radius 2 is 1.74 bits per heavy atom. The lowest BCUT2D eigenvalue weighted by Crippen LogP contribution is -2.30. The number of rotatable bonds is 10. The molecule has 6 nitrogen and oxygen atoms in total.